The van der Waals surface area contributed by atoms with Gasteiger partial charge in [-0.3, -0.25) is 0 Å². The number of hydrogen-bond donors (Lipinski definition) is 1. The Bertz CT molecular complexity index is 692. The molecule has 0 atom stereocenters. The first-order chi connectivity index (χ1) is 9.24. The van der Waals surface area contributed by atoms with Crippen LogP contribution >= 0.6 is 24.2 Å². The number of aromatic nitrogens is 1. The van der Waals surface area contributed by atoms with Crippen molar-refractivity contribution >= 4 is 24.2 Å². The topological polar surface area (TPSA) is 26.0 Å². The normalized spacial score (nSPS) is 10.6. The molecule has 2 nitrogen and oxygen atoms in total. The van der Waals surface area contributed by atoms with Gasteiger partial charge in [-0.1, -0.05) is 54.6 Å². The Labute approximate surface area is 121 Å². The van der Waals surface area contributed by atoms with E-state index >= 15 is 0 Å². The summed E-state index contributed by atoms with van der Waals surface area (Å²) in [6.07, 6.45) is 0. The van der Waals surface area contributed by atoms with E-state index in [0.29, 0.717) is 16.0 Å². The van der Waals surface area contributed by atoms with Gasteiger partial charge in [-0.05, 0) is 24.3 Å². The Balaban J connectivity index is 2.15. The van der Waals surface area contributed by atoms with E-state index in [1.54, 1.807) is 0 Å². The highest BCUT2D eigenvalue weighted by atomic mass is 35.5. The van der Waals surface area contributed by atoms with Crippen LogP contribution in [-0.2, 0) is 0 Å². The lowest BCUT2D eigenvalue weighted by atomic mass is 10.1. The van der Waals surface area contributed by atoms with Crippen LogP contribution in [0.15, 0.2) is 64.2 Å². The van der Waals surface area contributed by atoms with Gasteiger partial charge in [0.2, 0.25) is 0 Å². The summed E-state index contributed by atoms with van der Waals surface area (Å²) in [5.74, 6) is 0.702. The third-order valence-corrected chi connectivity index (χ3v) is 3.21. The van der Waals surface area contributed by atoms with E-state index < -0.39 is 0 Å². The lowest BCUT2D eigenvalue weighted by Gasteiger charge is -2.01. The van der Waals surface area contributed by atoms with Crippen molar-refractivity contribution in [3.63, 3.8) is 0 Å². The Morgan fingerprint density at radius 2 is 1.58 bits per heavy atom. The minimum absolute atomic E-state index is 0.351. The van der Waals surface area contributed by atoms with E-state index in [0.717, 1.165) is 16.8 Å². The van der Waals surface area contributed by atoms with E-state index in [9.17, 15) is 0 Å². The van der Waals surface area contributed by atoms with Crippen molar-refractivity contribution in [1.82, 2.24) is 4.98 Å². The Morgan fingerprint density at radius 1 is 0.895 bits per heavy atom. The summed E-state index contributed by atoms with van der Waals surface area (Å²) in [5, 5.41) is 1.04. The number of hydrogen-bond acceptors (Lipinski definition) is 3. The molecule has 1 heterocycles. The molecule has 0 spiro atoms. The van der Waals surface area contributed by atoms with Gasteiger partial charge in [0.25, 0.3) is 5.22 Å². The fourth-order valence-corrected chi connectivity index (χ4v) is 2.21. The van der Waals surface area contributed by atoms with Crippen LogP contribution in [0.3, 0.4) is 0 Å². The first-order valence-electron chi connectivity index (χ1n) is 5.75. The molecule has 0 amide bonds. The molecule has 1 aromatic heterocycles. The highest BCUT2D eigenvalue weighted by Gasteiger charge is 2.15. The van der Waals surface area contributed by atoms with Gasteiger partial charge in [0.1, 0.15) is 5.69 Å². The molecule has 0 fully saturated rings. The molecule has 4 heteroatoms. The maximum Gasteiger partial charge on any atom is 0.253 e. The van der Waals surface area contributed by atoms with Crippen LogP contribution in [0.4, 0.5) is 0 Å². The molecule has 0 saturated carbocycles. The van der Waals surface area contributed by atoms with Crippen molar-refractivity contribution in [2.24, 2.45) is 0 Å². The molecule has 94 valence electrons. The van der Waals surface area contributed by atoms with Crippen LogP contribution in [0.5, 0.6) is 0 Å². The van der Waals surface area contributed by atoms with Crippen molar-refractivity contribution in [1.29, 1.82) is 0 Å². The Kier molecular flexibility index (Phi) is 3.32. The zero-order chi connectivity index (χ0) is 13.2. The zero-order valence-corrected chi connectivity index (χ0v) is 11.5. The van der Waals surface area contributed by atoms with Crippen molar-refractivity contribution < 1.29 is 4.42 Å². The van der Waals surface area contributed by atoms with Gasteiger partial charge in [0.05, 0.1) is 0 Å². The predicted octanol–water partition coefficient (Wildman–Crippen LogP) is 4.95. The largest absolute Gasteiger partial charge is 0.431 e. The molecule has 0 saturated heterocycles. The lowest BCUT2D eigenvalue weighted by molar-refractivity contribution is 0.468. The molecule has 2 aromatic carbocycles. The molecule has 0 unspecified atom stereocenters. The number of benzene rings is 2. The van der Waals surface area contributed by atoms with Crippen LogP contribution in [0.25, 0.3) is 22.6 Å². The van der Waals surface area contributed by atoms with E-state index in [2.05, 4.69) is 17.6 Å². The summed E-state index contributed by atoms with van der Waals surface area (Å²) in [7, 11) is 0. The summed E-state index contributed by atoms with van der Waals surface area (Å²) in [5.41, 5.74) is 2.71. The van der Waals surface area contributed by atoms with Gasteiger partial charge in [-0.2, -0.15) is 0 Å². The first kappa shape index (κ1) is 12.3. The van der Waals surface area contributed by atoms with E-state index in [1.807, 2.05) is 54.6 Å². The highest BCUT2D eigenvalue weighted by molar-refractivity contribution is 7.80. The number of nitrogens with zero attached hydrogens (tertiary/aromatic N) is 1. The quantitative estimate of drug-likeness (QED) is 0.675. The summed E-state index contributed by atoms with van der Waals surface area (Å²) in [6, 6.07) is 17.3. The molecule has 3 rings (SSSR count). The maximum atomic E-state index is 5.90. The number of oxazole rings is 1. The molecular weight excluding hydrogens is 278 g/mol. The number of thiol groups is 1. The van der Waals surface area contributed by atoms with Gasteiger partial charge in [-0.15, -0.1) is 0 Å². The van der Waals surface area contributed by atoms with Crippen molar-refractivity contribution in [3.8, 4) is 22.6 Å². The third kappa shape index (κ3) is 2.53. The zero-order valence-electron chi connectivity index (χ0n) is 9.88. The van der Waals surface area contributed by atoms with Crippen LogP contribution in [-0.4, -0.2) is 4.98 Å². The lowest BCUT2D eigenvalue weighted by Crippen LogP contribution is -1.81. The molecule has 0 aliphatic carbocycles. The average Bonchev–Trinajstić information content (AvgIpc) is 2.83. The Hall–Kier alpha value is -1.71. The van der Waals surface area contributed by atoms with Gasteiger partial charge in [0.15, 0.2) is 5.76 Å². The Morgan fingerprint density at radius 3 is 2.26 bits per heavy atom. The SMILES string of the molecule is Sc1nc(-c2ccccc2)c(-c2ccc(Cl)cc2)o1. The van der Waals surface area contributed by atoms with Crippen molar-refractivity contribution in [3.05, 3.63) is 59.6 Å². The summed E-state index contributed by atoms with van der Waals surface area (Å²) in [4.78, 5) is 4.34. The maximum absolute atomic E-state index is 5.90. The minimum Gasteiger partial charge on any atom is -0.431 e. The second-order valence-electron chi connectivity index (χ2n) is 4.05. The fourth-order valence-electron chi connectivity index (χ4n) is 1.90. The predicted molar refractivity (Wildman–Crippen MR) is 79.6 cm³/mol. The van der Waals surface area contributed by atoms with Crippen LogP contribution in [0, 0.1) is 0 Å². The van der Waals surface area contributed by atoms with Crippen LogP contribution < -0.4 is 0 Å². The third-order valence-electron chi connectivity index (χ3n) is 2.77. The molecule has 0 aliphatic heterocycles. The van der Waals surface area contributed by atoms with E-state index in [1.165, 1.54) is 0 Å². The van der Waals surface area contributed by atoms with Crippen LogP contribution in [0.2, 0.25) is 5.02 Å². The van der Waals surface area contributed by atoms with Gasteiger partial charge in [0, 0.05) is 16.1 Å². The second kappa shape index (κ2) is 5.11. The highest BCUT2D eigenvalue weighted by Crippen LogP contribution is 2.33. The van der Waals surface area contributed by atoms with Crippen molar-refractivity contribution in [2.45, 2.75) is 5.22 Å². The van der Waals surface area contributed by atoms with Gasteiger partial charge < -0.3 is 4.42 Å². The molecular formula is C15H10ClNOS. The monoisotopic (exact) mass is 287 g/mol. The number of rotatable bonds is 2. The molecule has 0 radical (unpaired) electrons. The minimum atomic E-state index is 0.351. The average molecular weight is 288 g/mol. The molecule has 3 aromatic rings. The smallest absolute Gasteiger partial charge is 0.253 e. The standard InChI is InChI=1S/C15H10ClNOS/c16-12-8-6-11(7-9-12)14-13(17-15(19)18-14)10-4-2-1-3-5-10/h1-9H,(H,17,19). The molecule has 0 bridgehead atoms. The summed E-state index contributed by atoms with van der Waals surface area (Å²) >= 11 is 10.1. The van der Waals surface area contributed by atoms with E-state index in [4.69, 9.17) is 16.0 Å². The molecule has 0 N–H and O–H groups in total. The molecule has 0 aliphatic rings. The summed E-state index contributed by atoms with van der Waals surface area (Å²) in [6.45, 7) is 0. The van der Waals surface area contributed by atoms with Gasteiger partial charge >= 0.3 is 0 Å². The van der Waals surface area contributed by atoms with Crippen molar-refractivity contribution in [2.75, 3.05) is 0 Å². The molecule has 19 heavy (non-hydrogen) atoms. The van der Waals surface area contributed by atoms with Crippen LogP contribution in [0.1, 0.15) is 0 Å². The second-order valence-corrected chi connectivity index (χ2v) is 4.87. The number of halogens is 1. The van der Waals surface area contributed by atoms with E-state index in [-0.39, 0.29) is 0 Å². The summed E-state index contributed by atoms with van der Waals surface area (Å²) < 4.78 is 5.60. The first-order valence-corrected chi connectivity index (χ1v) is 6.58. The van der Waals surface area contributed by atoms with Gasteiger partial charge in [-0.25, -0.2) is 4.98 Å². The fraction of sp³-hybridized carbons (Fsp3) is 0.